The average molecular weight is 364 g/mol. The van der Waals surface area contributed by atoms with Gasteiger partial charge in [-0.05, 0) is 24.6 Å². The van der Waals surface area contributed by atoms with E-state index >= 15 is 0 Å². The van der Waals surface area contributed by atoms with E-state index in [-0.39, 0.29) is 5.82 Å². The van der Waals surface area contributed by atoms with E-state index in [9.17, 15) is 5.26 Å². The van der Waals surface area contributed by atoms with Crippen LogP contribution >= 0.6 is 15.9 Å². The van der Waals surface area contributed by atoms with E-state index in [1.54, 1.807) is 0 Å². The minimum absolute atomic E-state index is 0.247. The minimum Gasteiger partial charge on any atom is -0.383 e. The number of nitriles is 1. The van der Waals surface area contributed by atoms with E-state index < -0.39 is 0 Å². The summed E-state index contributed by atoms with van der Waals surface area (Å²) in [5.74, 6) is 0.247. The standard InChI is InChI=1S/C19H14BrN3/c1-12-6-8-13(9-7-12)18-10-15(16(11-21)19(22)23-18)14-4-2-3-5-17(14)20/h2-10H,1H3,(H2,22,23). The summed E-state index contributed by atoms with van der Waals surface area (Å²) in [5, 5.41) is 9.46. The predicted molar refractivity (Wildman–Crippen MR) is 96.7 cm³/mol. The Hall–Kier alpha value is -2.64. The number of hydrogen-bond donors (Lipinski definition) is 1. The van der Waals surface area contributed by atoms with E-state index in [4.69, 9.17) is 5.73 Å². The highest BCUT2D eigenvalue weighted by Gasteiger charge is 2.15. The van der Waals surface area contributed by atoms with Crippen molar-refractivity contribution in [2.45, 2.75) is 6.92 Å². The summed E-state index contributed by atoms with van der Waals surface area (Å²) in [6, 6.07) is 19.9. The van der Waals surface area contributed by atoms with Crippen molar-refractivity contribution in [1.82, 2.24) is 4.98 Å². The first-order valence-corrected chi connectivity index (χ1v) is 7.92. The van der Waals surface area contributed by atoms with E-state index in [1.807, 2.05) is 61.5 Å². The van der Waals surface area contributed by atoms with Crippen LogP contribution in [0.25, 0.3) is 22.4 Å². The molecule has 0 spiro atoms. The lowest BCUT2D eigenvalue weighted by Crippen LogP contribution is -2.00. The van der Waals surface area contributed by atoms with Crippen molar-refractivity contribution >= 4 is 21.7 Å². The zero-order valence-corrected chi connectivity index (χ0v) is 14.1. The lowest BCUT2D eigenvalue weighted by molar-refractivity contribution is 1.30. The topological polar surface area (TPSA) is 62.7 Å². The second-order valence-electron chi connectivity index (χ2n) is 5.27. The number of nitrogen functional groups attached to an aromatic ring is 1. The molecule has 0 amide bonds. The number of anilines is 1. The fraction of sp³-hybridized carbons (Fsp3) is 0.0526. The molecule has 1 heterocycles. The molecule has 0 radical (unpaired) electrons. The maximum absolute atomic E-state index is 9.46. The van der Waals surface area contributed by atoms with Crippen LogP contribution in [-0.2, 0) is 0 Å². The van der Waals surface area contributed by atoms with Crippen molar-refractivity contribution in [2.75, 3.05) is 5.73 Å². The van der Waals surface area contributed by atoms with Crippen molar-refractivity contribution in [2.24, 2.45) is 0 Å². The molecule has 3 nitrogen and oxygen atoms in total. The SMILES string of the molecule is Cc1ccc(-c2cc(-c3ccccc3Br)c(C#N)c(N)n2)cc1. The molecule has 0 fully saturated rings. The first kappa shape index (κ1) is 15.3. The molecule has 4 heteroatoms. The van der Waals surface area contributed by atoms with Crippen LogP contribution in [0.4, 0.5) is 5.82 Å². The number of rotatable bonds is 2. The van der Waals surface area contributed by atoms with Crippen LogP contribution in [0.3, 0.4) is 0 Å². The molecule has 0 bridgehead atoms. The Kier molecular flexibility index (Phi) is 4.14. The van der Waals surface area contributed by atoms with Crippen molar-refractivity contribution in [3.63, 3.8) is 0 Å². The van der Waals surface area contributed by atoms with Gasteiger partial charge in [-0.2, -0.15) is 5.26 Å². The van der Waals surface area contributed by atoms with Gasteiger partial charge in [0, 0.05) is 15.6 Å². The fourth-order valence-corrected chi connectivity index (χ4v) is 2.94. The van der Waals surface area contributed by atoms with Gasteiger partial charge in [-0.1, -0.05) is 64.0 Å². The van der Waals surface area contributed by atoms with Crippen LogP contribution in [0.15, 0.2) is 59.1 Å². The zero-order chi connectivity index (χ0) is 16.4. The molecule has 112 valence electrons. The number of hydrogen-bond acceptors (Lipinski definition) is 3. The monoisotopic (exact) mass is 363 g/mol. The normalized spacial score (nSPS) is 10.3. The molecule has 3 aromatic rings. The molecule has 0 atom stereocenters. The maximum Gasteiger partial charge on any atom is 0.142 e. The Morgan fingerprint density at radius 1 is 1.04 bits per heavy atom. The summed E-state index contributed by atoms with van der Waals surface area (Å²) >= 11 is 3.54. The molecule has 2 aromatic carbocycles. The Morgan fingerprint density at radius 3 is 2.39 bits per heavy atom. The average Bonchev–Trinajstić information content (AvgIpc) is 2.55. The first-order valence-electron chi connectivity index (χ1n) is 7.12. The highest BCUT2D eigenvalue weighted by Crippen LogP contribution is 2.35. The van der Waals surface area contributed by atoms with E-state index in [2.05, 4.69) is 27.0 Å². The Morgan fingerprint density at radius 2 is 1.74 bits per heavy atom. The quantitative estimate of drug-likeness (QED) is 0.701. The molecule has 0 aliphatic carbocycles. The first-order chi connectivity index (χ1) is 11.1. The molecule has 1 aromatic heterocycles. The van der Waals surface area contributed by atoms with Crippen LogP contribution in [0.2, 0.25) is 0 Å². The predicted octanol–water partition coefficient (Wildman–Crippen LogP) is 4.94. The Labute approximate surface area is 143 Å². The molecule has 23 heavy (non-hydrogen) atoms. The molecule has 0 saturated heterocycles. The third kappa shape index (κ3) is 2.96. The van der Waals surface area contributed by atoms with Crippen molar-refractivity contribution in [1.29, 1.82) is 5.26 Å². The molecular weight excluding hydrogens is 350 g/mol. The number of nitrogens with two attached hydrogens (primary N) is 1. The van der Waals surface area contributed by atoms with Crippen molar-refractivity contribution in [3.05, 3.63) is 70.2 Å². The van der Waals surface area contributed by atoms with Crippen LogP contribution in [0.5, 0.6) is 0 Å². The fourth-order valence-electron chi connectivity index (χ4n) is 2.45. The van der Waals surface area contributed by atoms with Gasteiger partial charge in [0.1, 0.15) is 17.5 Å². The molecule has 0 aliphatic rings. The number of halogens is 1. The van der Waals surface area contributed by atoms with E-state index in [0.29, 0.717) is 5.56 Å². The minimum atomic E-state index is 0.247. The van der Waals surface area contributed by atoms with Crippen molar-refractivity contribution in [3.8, 4) is 28.5 Å². The summed E-state index contributed by atoms with van der Waals surface area (Å²) in [6.45, 7) is 2.04. The second kappa shape index (κ2) is 6.23. The largest absolute Gasteiger partial charge is 0.383 e. The molecule has 3 rings (SSSR count). The molecular formula is C19H14BrN3. The smallest absolute Gasteiger partial charge is 0.142 e. The number of aryl methyl sites for hydroxylation is 1. The number of aromatic nitrogens is 1. The highest BCUT2D eigenvalue weighted by atomic mass is 79.9. The lowest BCUT2D eigenvalue weighted by Gasteiger charge is -2.11. The Balaban J connectivity index is 2.25. The summed E-state index contributed by atoms with van der Waals surface area (Å²) in [5.41, 5.74) is 11.0. The zero-order valence-electron chi connectivity index (χ0n) is 12.5. The molecule has 0 aliphatic heterocycles. The van der Waals surface area contributed by atoms with Gasteiger partial charge in [0.2, 0.25) is 0 Å². The van der Waals surface area contributed by atoms with Gasteiger partial charge in [0.25, 0.3) is 0 Å². The number of nitrogens with zero attached hydrogens (tertiary/aromatic N) is 2. The molecule has 0 saturated carbocycles. The maximum atomic E-state index is 9.46. The van der Waals surface area contributed by atoms with Gasteiger partial charge in [0.05, 0.1) is 5.69 Å². The molecule has 2 N–H and O–H groups in total. The van der Waals surface area contributed by atoms with Crippen LogP contribution in [-0.4, -0.2) is 4.98 Å². The number of benzene rings is 2. The molecule has 0 unspecified atom stereocenters. The second-order valence-corrected chi connectivity index (χ2v) is 6.13. The Bertz CT molecular complexity index is 909. The summed E-state index contributed by atoms with van der Waals surface area (Å²) in [6.07, 6.45) is 0. The van der Waals surface area contributed by atoms with Gasteiger partial charge in [-0.15, -0.1) is 0 Å². The summed E-state index contributed by atoms with van der Waals surface area (Å²) in [4.78, 5) is 4.40. The van der Waals surface area contributed by atoms with Gasteiger partial charge in [0.15, 0.2) is 0 Å². The van der Waals surface area contributed by atoms with Crippen LogP contribution in [0, 0.1) is 18.3 Å². The van der Waals surface area contributed by atoms with Gasteiger partial charge >= 0.3 is 0 Å². The third-order valence-corrected chi connectivity index (χ3v) is 4.36. The van der Waals surface area contributed by atoms with Crippen molar-refractivity contribution < 1.29 is 0 Å². The van der Waals surface area contributed by atoms with Gasteiger partial charge in [-0.3, -0.25) is 0 Å². The lowest BCUT2D eigenvalue weighted by atomic mass is 9.98. The highest BCUT2D eigenvalue weighted by molar-refractivity contribution is 9.10. The van der Waals surface area contributed by atoms with Gasteiger partial charge in [-0.25, -0.2) is 4.98 Å². The third-order valence-electron chi connectivity index (χ3n) is 3.67. The number of pyridine rings is 1. The van der Waals surface area contributed by atoms with Crippen LogP contribution in [0.1, 0.15) is 11.1 Å². The summed E-state index contributed by atoms with van der Waals surface area (Å²) in [7, 11) is 0. The van der Waals surface area contributed by atoms with Gasteiger partial charge < -0.3 is 5.73 Å². The van der Waals surface area contributed by atoms with E-state index in [0.717, 1.165) is 26.9 Å². The van der Waals surface area contributed by atoms with E-state index in [1.165, 1.54) is 5.56 Å². The van der Waals surface area contributed by atoms with Crippen LogP contribution < -0.4 is 5.73 Å². The summed E-state index contributed by atoms with van der Waals surface area (Å²) < 4.78 is 0.914.